The Morgan fingerprint density at radius 1 is 1.06 bits per heavy atom. The van der Waals surface area contributed by atoms with Crippen molar-refractivity contribution in [1.29, 1.82) is 0 Å². The number of carbonyl (C=O) groups is 3. The average Bonchev–Trinajstić information content (AvgIpc) is 3.24. The molecule has 1 aliphatic rings. The molecule has 1 aromatic heterocycles. The number of aryl methyl sites for hydroxylation is 1. The maximum atomic E-state index is 12.9. The number of fused-ring (bicyclic) bond motifs is 1. The Hall–Kier alpha value is -3.66. The average molecular weight is 491 g/mol. The second-order valence-corrected chi connectivity index (χ2v) is 8.00. The van der Waals surface area contributed by atoms with Crippen molar-refractivity contribution in [2.45, 2.75) is 26.1 Å². The molecule has 0 bridgehead atoms. The molecule has 2 aromatic carbocycles. The third-order valence-electron chi connectivity index (χ3n) is 5.39. The highest BCUT2D eigenvalue weighted by molar-refractivity contribution is 6.34. The Morgan fingerprint density at radius 2 is 1.71 bits per heavy atom. The van der Waals surface area contributed by atoms with Crippen LogP contribution in [0.2, 0.25) is 5.02 Å². The van der Waals surface area contributed by atoms with Gasteiger partial charge in [-0.2, -0.15) is 18.3 Å². The van der Waals surface area contributed by atoms with Crippen LogP contribution < -0.4 is 10.2 Å². The summed E-state index contributed by atoms with van der Waals surface area (Å²) in [6, 6.07) is 12.5. The van der Waals surface area contributed by atoms with Gasteiger partial charge in [-0.05, 0) is 43.7 Å². The molecule has 3 aromatic rings. The van der Waals surface area contributed by atoms with Gasteiger partial charge in [0.15, 0.2) is 5.69 Å². The Morgan fingerprint density at radius 3 is 2.29 bits per heavy atom. The molecule has 176 valence electrons. The number of nitrogens with one attached hydrogen (secondary N) is 1. The van der Waals surface area contributed by atoms with Crippen LogP contribution in [0.5, 0.6) is 0 Å². The van der Waals surface area contributed by atoms with Gasteiger partial charge in [0.25, 0.3) is 17.7 Å². The first kappa shape index (κ1) is 23.5. The summed E-state index contributed by atoms with van der Waals surface area (Å²) in [5.74, 6) is -1.39. The monoisotopic (exact) mass is 490 g/mol. The van der Waals surface area contributed by atoms with E-state index in [1.807, 2.05) is 0 Å². The summed E-state index contributed by atoms with van der Waals surface area (Å²) in [5.41, 5.74) is 0.136. The Labute approximate surface area is 197 Å². The van der Waals surface area contributed by atoms with Gasteiger partial charge in [-0.1, -0.05) is 29.8 Å². The molecule has 0 saturated carbocycles. The standard InChI is InChI=1S/C23H18ClF3N4O3/c1-13-18(24)19(23(25,26)27)29-30(13)11-5-10-28-20(32)14-6-4-7-15(12-14)31-21(33)16-8-2-3-9-17(16)22(31)34/h2-4,6-9,12H,5,10-11H2,1H3,(H,28,32). The summed E-state index contributed by atoms with van der Waals surface area (Å²) in [6.45, 7) is 1.72. The van der Waals surface area contributed by atoms with Gasteiger partial charge in [0.2, 0.25) is 0 Å². The minimum absolute atomic E-state index is 0.122. The molecule has 11 heteroatoms. The summed E-state index contributed by atoms with van der Waals surface area (Å²) < 4.78 is 39.9. The highest BCUT2D eigenvalue weighted by atomic mass is 35.5. The van der Waals surface area contributed by atoms with E-state index in [2.05, 4.69) is 10.4 Å². The Balaban J connectivity index is 1.39. The number of hydrogen-bond donors (Lipinski definition) is 1. The van der Waals surface area contributed by atoms with Gasteiger partial charge in [-0.15, -0.1) is 0 Å². The van der Waals surface area contributed by atoms with Crippen LogP contribution in [0.25, 0.3) is 0 Å². The van der Waals surface area contributed by atoms with Crippen LogP contribution >= 0.6 is 11.6 Å². The number of rotatable bonds is 6. The molecule has 0 unspecified atom stereocenters. The number of amides is 3. The molecule has 3 amide bonds. The minimum atomic E-state index is -4.65. The second kappa shape index (κ2) is 8.94. The zero-order valence-corrected chi connectivity index (χ0v) is 18.6. The summed E-state index contributed by atoms with van der Waals surface area (Å²) >= 11 is 5.74. The van der Waals surface area contributed by atoms with Gasteiger partial charge in [0, 0.05) is 18.7 Å². The molecule has 1 N–H and O–H groups in total. The largest absolute Gasteiger partial charge is 0.436 e. The molecule has 0 spiro atoms. The number of aromatic nitrogens is 2. The zero-order valence-electron chi connectivity index (χ0n) is 17.8. The van der Waals surface area contributed by atoms with E-state index in [0.29, 0.717) is 17.5 Å². The van der Waals surface area contributed by atoms with Crippen LogP contribution in [0.1, 0.15) is 48.9 Å². The molecule has 0 radical (unpaired) electrons. The number of benzene rings is 2. The quantitative estimate of drug-likeness (QED) is 0.408. The number of carbonyl (C=O) groups excluding carboxylic acids is 3. The first-order chi connectivity index (χ1) is 16.1. The topological polar surface area (TPSA) is 84.3 Å². The molecule has 2 heterocycles. The van der Waals surface area contributed by atoms with Crippen molar-refractivity contribution >= 4 is 35.0 Å². The summed E-state index contributed by atoms with van der Waals surface area (Å²) in [5, 5.41) is 5.75. The fourth-order valence-corrected chi connectivity index (χ4v) is 3.91. The van der Waals surface area contributed by atoms with Crippen molar-refractivity contribution in [3.05, 3.63) is 81.6 Å². The lowest BCUT2D eigenvalue weighted by atomic mass is 10.1. The van der Waals surface area contributed by atoms with Gasteiger partial charge in [-0.3, -0.25) is 19.1 Å². The molecule has 0 saturated heterocycles. The SMILES string of the molecule is Cc1c(Cl)c(C(F)(F)F)nn1CCCNC(=O)c1cccc(N2C(=O)c3ccccc3C2=O)c1. The van der Waals surface area contributed by atoms with Crippen molar-refractivity contribution in [3.63, 3.8) is 0 Å². The number of anilines is 1. The van der Waals surface area contributed by atoms with Crippen molar-refractivity contribution in [1.82, 2.24) is 15.1 Å². The third kappa shape index (κ3) is 4.28. The Kier molecular flexibility index (Phi) is 6.18. The molecule has 0 fully saturated rings. The molecular formula is C23H18ClF3N4O3. The fraction of sp³-hybridized carbons (Fsp3) is 0.217. The van der Waals surface area contributed by atoms with E-state index in [1.54, 1.807) is 36.4 Å². The van der Waals surface area contributed by atoms with Crippen molar-refractivity contribution in [2.24, 2.45) is 0 Å². The van der Waals surface area contributed by atoms with E-state index >= 15 is 0 Å². The number of nitrogens with zero attached hydrogens (tertiary/aromatic N) is 3. The predicted octanol–water partition coefficient (Wildman–Crippen LogP) is 4.48. The molecule has 0 atom stereocenters. The molecule has 7 nitrogen and oxygen atoms in total. The summed E-state index contributed by atoms with van der Waals surface area (Å²) in [4.78, 5) is 38.9. The van der Waals surface area contributed by atoms with E-state index in [4.69, 9.17) is 11.6 Å². The lowest BCUT2D eigenvalue weighted by Crippen LogP contribution is -2.30. The number of alkyl halides is 3. The van der Waals surface area contributed by atoms with Crippen molar-refractivity contribution in [2.75, 3.05) is 11.4 Å². The van der Waals surface area contributed by atoms with Gasteiger partial charge < -0.3 is 5.32 Å². The van der Waals surface area contributed by atoms with Crippen LogP contribution in [0, 0.1) is 6.92 Å². The maximum Gasteiger partial charge on any atom is 0.436 e. The Bertz CT molecular complexity index is 1270. The lowest BCUT2D eigenvalue weighted by Gasteiger charge is -2.15. The molecule has 0 aliphatic carbocycles. The van der Waals surface area contributed by atoms with E-state index in [9.17, 15) is 27.6 Å². The van der Waals surface area contributed by atoms with Gasteiger partial charge in [0.1, 0.15) is 0 Å². The number of imide groups is 1. The summed E-state index contributed by atoms with van der Waals surface area (Å²) in [7, 11) is 0. The van der Waals surface area contributed by atoms with E-state index in [0.717, 1.165) is 9.58 Å². The first-order valence-electron chi connectivity index (χ1n) is 10.3. The van der Waals surface area contributed by atoms with Crippen LogP contribution in [-0.2, 0) is 12.7 Å². The van der Waals surface area contributed by atoms with Gasteiger partial charge in [-0.25, -0.2) is 4.90 Å². The second-order valence-electron chi connectivity index (χ2n) is 7.62. The molecule has 34 heavy (non-hydrogen) atoms. The highest BCUT2D eigenvalue weighted by Gasteiger charge is 2.38. The van der Waals surface area contributed by atoms with Crippen LogP contribution in [0.3, 0.4) is 0 Å². The van der Waals surface area contributed by atoms with Gasteiger partial charge >= 0.3 is 6.18 Å². The molecular weight excluding hydrogens is 473 g/mol. The highest BCUT2D eigenvalue weighted by Crippen LogP contribution is 2.35. The van der Waals surface area contributed by atoms with E-state index in [1.165, 1.54) is 19.1 Å². The van der Waals surface area contributed by atoms with Crippen molar-refractivity contribution in [3.8, 4) is 0 Å². The van der Waals surface area contributed by atoms with Crippen molar-refractivity contribution < 1.29 is 27.6 Å². The van der Waals surface area contributed by atoms with Gasteiger partial charge in [0.05, 0.1) is 27.5 Å². The van der Waals surface area contributed by atoms with E-state index < -0.39 is 34.6 Å². The third-order valence-corrected chi connectivity index (χ3v) is 5.85. The van der Waals surface area contributed by atoms with Crippen LogP contribution in [0.15, 0.2) is 48.5 Å². The summed E-state index contributed by atoms with van der Waals surface area (Å²) in [6.07, 6.45) is -4.34. The zero-order chi connectivity index (χ0) is 24.6. The minimum Gasteiger partial charge on any atom is -0.352 e. The number of hydrogen-bond acceptors (Lipinski definition) is 4. The van der Waals surface area contributed by atoms with Crippen LogP contribution in [-0.4, -0.2) is 34.0 Å². The van der Waals surface area contributed by atoms with Crippen LogP contribution in [0.4, 0.5) is 18.9 Å². The maximum absolute atomic E-state index is 12.9. The van der Waals surface area contributed by atoms with E-state index in [-0.39, 0.29) is 30.0 Å². The smallest absolute Gasteiger partial charge is 0.352 e. The predicted molar refractivity (Wildman–Crippen MR) is 118 cm³/mol. The lowest BCUT2D eigenvalue weighted by molar-refractivity contribution is -0.141. The molecule has 1 aliphatic heterocycles. The normalized spacial score (nSPS) is 13.4. The first-order valence-corrected chi connectivity index (χ1v) is 10.6. The number of halogens is 4. The molecule has 4 rings (SSSR count). The fourth-order valence-electron chi connectivity index (χ4n) is 3.67.